The fraction of sp³-hybridized carbons (Fsp3) is 0. The molecule has 0 atom stereocenters. The number of aromatic nitrogens is 2. The normalized spacial score (nSPS) is 10.3. The Hall–Kier alpha value is -0.990. The van der Waals surface area contributed by atoms with Crippen LogP contribution in [0.2, 0.25) is 10.2 Å². The third-order valence-electron chi connectivity index (χ3n) is 1.71. The minimum atomic E-state index is 0.375. The fourth-order valence-electron chi connectivity index (χ4n) is 1.09. The van der Waals surface area contributed by atoms with Crippen molar-refractivity contribution >= 4 is 23.2 Å². The van der Waals surface area contributed by atoms with E-state index in [0.29, 0.717) is 15.9 Å². The van der Waals surface area contributed by atoms with E-state index in [0.717, 1.165) is 5.56 Å². The van der Waals surface area contributed by atoms with Gasteiger partial charge in [0, 0.05) is 5.56 Å². The molecule has 0 aliphatic carbocycles. The van der Waals surface area contributed by atoms with Crippen molar-refractivity contribution in [1.29, 1.82) is 0 Å². The van der Waals surface area contributed by atoms with Gasteiger partial charge in [-0.25, -0.2) is 0 Å². The lowest BCUT2D eigenvalue weighted by atomic mass is 10.2. The summed E-state index contributed by atoms with van der Waals surface area (Å²) >= 11 is 11.6. The van der Waals surface area contributed by atoms with Crippen LogP contribution in [0.1, 0.15) is 0 Å². The maximum absolute atomic E-state index is 5.92. The Bertz CT molecular complexity index is 409. The minimum absolute atomic E-state index is 0.375. The molecule has 0 fully saturated rings. The zero-order valence-corrected chi connectivity index (χ0v) is 8.10. The summed E-state index contributed by atoms with van der Waals surface area (Å²) in [4.78, 5) is 0. The highest BCUT2D eigenvalue weighted by atomic mass is 35.5. The topological polar surface area (TPSA) is 28.7 Å². The molecule has 0 radical (unpaired) electrons. The maximum atomic E-state index is 5.92. The summed E-state index contributed by atoms with van der Waals surface area (Å²) in [6.45, 7) is 0. The minimum Gasteiger partial charge on any atom is -0.265 e. The molecule has 0 aliphatic heterocycles. The SMILES string of the molecule is Clc1[nH]nc(-c2ccccc2)c1Cl. The molecule has 2 nitrogen and oxygen atoms in total. The summed E-state index contributed by atoms with van der Waals surface area (Å²) in [6.07, 6.45) is 0. The molecule has 0 saturated heterocycles. The second kappa shape index (κ2) is 3.40. The van der Waals surface area contributed by atoms with Gasteiger partial charge in [-0.2, -0.15) is 5.10 Å². The fourth-order valence-corrected chi connectivity index (χ4v) is 1.42. The van der Waals surface area contributed by atoms with Crippen molar-refractivity contribution in [1.82, 2.24) is 10.2 Å². The van der Waals surface area contributed by atoms with Crippen LogP contribution in [-0.2, 0) is 0 Å². The first-order chi connectivity index (χ1) is 6.29. The predicted octanol–water partition coefficient (Wildman–Crippen LogP) is 3.38. The van der Waals surface area contributed by atoms with Gasteiger partial charge in [0.1, 0.15) is 15.9 Å². The van der Waals surface area contributed by atoms with Crippen molar-refractivity contribution in [3.63, 3.8) is 0 Å². The molecule has 0 unspecified atom stereocenters. The molecule has 0 bridgehead atoms. The summed E-state index contributed by atoms with van der Waals surface area (Å²) in [7, 11) is 0. The van der Waals surface area contributed by atoms with Gasteiger partial charge in [-0.15, -0.1) is 0 Å². The average molecular weight is 213 g/mol. The lowest BCUT2D eigenvalue weighted by Gasteiger charge is -1.94. The molecule has 0 saturated carbocycles. The maximum Gasteiger partial charge on any atom is 0.143 e. The van der Waals surface area contributed by atoms with Gasteiger partial charge in [0.25, 0.3) is 0 Å². The van der Waals surface area contributed by atoms with Gasteiger partial charge in [-0.1, -0.05) is 53.5 Å². The van der Waals surface area contributed by atoms with E-state index in [1.165, 1.54) is 0 Å². The van der Waals surface area contributed by atoms with Crippen molar-refractivity contribution in [3.05, 3.63) is 40.5 Å². The molecule has 1 N–H and O–H groups in total. The number of nitrogens with zero attached hydrogens (tertiary/aromatic N) is 1. The number of benzene rings is 1. The third-order valence-corrected chi connectivity index (χ3v) is 2.45. The Kier molecular flexibility index (Phi) is 2.25. The number of aromatic amines is 1. The third kappa shape index (κ3) is 1.55. The molecule has 1 heterocycles. The Morgan fingerprint density at radius 1 is 1.08 bits per heavy atom. The Balaban J connectivity index is 2.53. The van der Waals surface area contributed by atoms with Gasteiger partial charge >= 0.3 is 0 Å². The van der Waals surface area contributed by atoms with E-state index >= 15 is 0 Å². The van der Waals surface area contributed by atoms with E-state index < -0.39 is 0 Å². The van der Waals surface area contributed by atoms with E-state index in [-0.39, 0.29) is 0 Å². The largest absolute Gasteiger partial charge is 0.265 e. The van der Waals surface area contributed by atoms with Crippen LogP contribution in [0.25, 0.3) is 11.3 Å². The summed E-state index contributed by atoms with van der Waals surface area (Å²) in [5.41, 5.74) is 1.64. The summed E-state index contributed by atoms with van der Waals surface area (Å²) in [5.74, 6) is 0. The molecule has 0 amide bonds. The molecule has 1 aromatic heterocycles. The van der Waals surface area contributed by atoms with E-state index in [1.807, 2.05) is 30.3 Å². The predicted molar refractivity (Wildman–Crippen MR) is 54.0 cm³/mol. The standard InChI is InChI=1S/C9H6Cl2N2/c10-7-8(12-13-9(7)11)6-4-2-1-3-5-6/h1-5H,(H,12,13). The van der Waals surface area contributed by atoms with Crippen LogP contribution in [0.5, 0.6) is 0 Å². The Labute approximate surface area is 85.5 Å². The quantitative estimate of drug-likeness (QED) is 0.772. The number of nitrogens with one attached hydrogen (secondary N) is 1. The molecular weight excluding hydrogens is 207 g/mol. The molecule has 0 aliphatic rings. The van der Waals surface area contributed by atoms with Crippen LogP contribution in [0, 0.1) is 0 Å². The van der Waals surface area contributed by atoms with Crippen molar-refractivity contribution in [2.45, 2.75) is 0 Å². The van der Waals surface area contributed by atoms with Crippen LogP contribution in [0.4, 0.5) is 0 Å². The number of hydrogen-bond acceptors (Lipinski definition) is 1. The van der Waals surface area contributed by atoms with Crippen molar-refractivity contribution in [2.75, 3.05) is 0 Å². The molecule has 4 heteroatoms. The van der Waals surface area contributed by atoms with Gasteiger partial charge in [-0.3, -0.25) is 5.10 Å². The molecule has 0 spiro atoms. The van der Waals surface area contributed by atoms with Crippen molar-refractivity contribution in [2.24, 2.45) is 0 Å². The van der Waals surface area contributed by atoms with Gasteiger partial charge < -0.3 is 0 Å². The lowest BCUT2D eigenvalue weighted by Crippen LogP contribution is -1.76. The smallest absolute Gasteiger partial charge is 0.143 e. The lowest BCUT2D eigenvalue weighted by molar-refractivity contribution is 1.10. The van der Waals surface area contributed by atoms with Crippen LogP contribution in [-0.4, -0.2) is 10.2 Å². The molecule has 2 rings (SSSR count). The van der Waals surface area contributed by atoms with E-state index in [4.69, 9.17) is 23.2 Å². The van der Waals surface area contributed by atoms with Crippen LogP contribution in [0.3, 0.4) is 0 Å². The highest BCUT2D eigenvalue weighted by molar-refractivity contribution is 6.42. The monoisotopic (exact) mass is 212 g/mol. The van der Waals surface area contributed by atoms with Gasteiger partial charge in [0.2, 0.25) is 0 Å². The molecule has 13 heavy (non-hydrogen) atoms. The van der Waals surface area contributed by atoms with Gasteiger partial charge in [-0.05, 0) is 0 Å². The first-order valence-corrected chi connectivity index (χ1v) is 4.49. The van der Waals surface area contributed by atoms with Crippen LogP contribution < -0.4 is 0 Å². The Morgan fingerprint density at radius 3 is 2.31 bits per heavy atom. The first kappa shape index (κ1) is 8.60. The summed E-state index contributed by atoms with van der Waals surface area (Å²) in [6, 6.07) is 9.64. The second-order valence-corrected chi connectivity index (χ2v) is 3.32. The van der Waals surface area contributed by atoms with E-state index in [2.05, 4.69) is 10.2 Å². The summed E-state index contributed by atoms with van der Waals surface area (Å²) < 4.78 is 0. The molecule has 66 valence electrons. The van der Waals surface area contributed by atoms with Crippen LogP contribution >= 0.6 is 23.2 Å². The van der Waals surface area contributed by atoms with Gasteiger partial charge in [0.05, 0.1) is 0 Å². The summed E-state index contributed by atoms with van der Waals surface area (Å²) in [5, 5.41) is 7.46. The first-order valence-electron chi connectivity index (χ1n) is 3.74. The zero-order chi connectivity index (χ0) is 9.26. The number of H-pyrrole nitrogens is 1. The average Bonchev–Trinajstić information content (AvgIpc) is 2.49. The van der Waals surface area contributed by atoms with Gasteiger partial charge in [0.15, 0.2) is 0 Å². The van der Waals surface area contributed by atoms with Crippen LogP contribution in [0.15, 0.2) is 30.3 Å². The number of halogens is 2. The van der Waals surface area contributed by atoms with Crippen molar-refractivity contribution in [3.8, 4) is 11.3 Å². The molecule has 1 aromatic carbocycles. The van der Waals surface area contributed by atoms with E-state index in [1.54, 1.807) is 0 Å². The highest BCUT2D eigenvalue weighted by Gasteiger charge is 2.09. The highest BCUT2D eigenvalue weighted by Crippen LogP contribution is 2.30. The zero-order valence-electron chi connectivity index (χ0n) is 6.59. The van der Waals surface area contributed by atoms with E-state index in [9.17, 15) is 0 Å². The second-order valence-electron chi connectivity index (χ2n) is 2.57. The molecular formula is C9H6Cl2N2. The number of rotatable bonds is 1. The van der Waals surface area contributed by atoms with Crippen molar-refractivity contribution < 1.29 is 0 Å². The Morgan fingerprint density at radius 2 is 1.77 bits per heavy atom. The molecule has 2 aromatic rings. The number of hydrogen-bond donors (Lipinski definition) is 1.